The third-order valence-electron chi connectivity index (χ3n) is 3.58. The Morgan fingerprint density at radius 1 is 1.38 bits per heavy atom. The Morgan fingerprint density at radius 2 is 2.19 bits per heavy atom. The van der Waals surface area contributed by atoms with Crippen LogP contribution in [0.2, 0.25) is 0 Å². The summed E-state index contributed by atoms with van der Waals surface area (Å²) in [5, 5.41) is 7.70. The smallest absolute Gasteiger partial charge is 0.275 e. The van der Waals surface area contributed by atoms with Gasteiger partial charge in [0.25, 0.3) is 5.56 Å². The molecule has 1 aromatic carbocycles. The van der Waals surface area contributed by atoms with Gasteiger partial charge in [0.15, 0.2) is 0 Å². The van der Waals surface area contributed by atoms with Crippen LogP contribution in [0.25, 0.3) is 4.96 Å². The Balaban J connectivity index is 1.58. The summed E-state index contributed by atoms with van der Waals surface area (Å²) in [7, 11) is 0. The van der Waals surface area contributed by atoms with E-state index in [1.807, 2.05) is 6.92 Å². The monoisotopic (exact) mass is 392 g/mol. The third kappa shape index (κ3) is 4.28. The van der Waals surface area contributed by atoms with E-state index in [-0.39, 0.29) is 23.0 Å². The molecule has 6 nitrogen and oxygen atoms in total. The number of anilines is 1. The summed E-state index contributed by atoms with van der Waals surface area (Å²) in [4.78, 5) is 29.0. The molecule has 3 rings (SSSR count). The Labute approximate surface area is 157 Å². The SMILES string of the molecule is CCc1nn2c(=O)cc(CSCC(=O)Nc3ccc(C)c(F)c3)nc2s1. The summed E-state index contributed by atoms with van der Waals surface area (Å²) in [6, 6.07) is 6.01. The van der Waals surface area contributed by atoms with E-state index in [4.69, 9.17) is 0 Å². The molecule has 1 amide bonds. The highest BCUT2D eigenvalue weighted by molar-refractivity contribution is 7.99. The van der Waals surface area contributed by atoms with Crippen molar-refractivity contribution in [3.8, 4) is 0 Å². The van der Waals surface area contributed by atoms with E-state index in [1.54, 1.807) is 19.1 Å². The lowest BCUT2D eigenvalue weighted by Gasteiger charge is -2.06. The van der Waals surface area contributed by atoms with Crippen molar-refractivity contribution in [1.82, 2.24) is 14.6 Å². The number of fused-ring (bicyclic) bond motifs is 1. The maximum atomic E-state index is 13.5. The van der Waals surface area contributed by atoms with Crippen LogP contribution in [0, 0.1) is 12.7 Å². The van der Waals surface area contributed by atoms with Gasteiger partial charge in [0, 0.05) is 17.5 Å². The summed E-state index contributed by atoms with van der Waals surface area (Å²) in [5.74, 6) is 0.0202. The molecule has 2 heterocycles. The van der Waals surface area contributed by atoms with Gasteiger partial charge in [-0.05, 0) is 31.0 Å². The molecule has 0 unspecified atom stereocenters. The normalized spacial score (nSPS) is 11.0. The molecule has 3 aromatic rings. The van der Waals surface area contributed by atoms with Crippen LogP contribution in [0.1, 0.15) is 23.2 Å². The molecule has 0 aliphatic carbocycles. The molecular formula is C17H17FN4O2S2. The van der Waals surface area contributed by atoms with Gasteiger partial charge < -0.3 is 5.32 Å². The Morgan fingerprint density at radius 3 is 2.92 bits per heavy atom. The number of aryl methyl sites for hydroxylation is 2. The quantitative estimate of drug-likeness (QED) is 0.698. The number of carbonyl (C=O) groups is 1. The van der Waals surface area contributed by atoms with Gasteiger partial charge in [-0.3, -0.25) is 9.59 Å². The van der Waals surface area contributed by atoms with Crippen molar-refractivity contribution in [3.63, 3.8) is 0 Å². The Bertz CT molecular complexity index is 1020. The number of hydrogen-bond acceptors (Lipinski definition) is 6. The average Bonchev–Trinajstić information content (AvgIpc) is 3.02. The van der Waals surface area contributed by atoms with Crippen molar-refractivity contribution in [3.05, 3.63) is 56.7 Å². The second kappa shape index (κ2) is 7.96. The van der Waals surface area contributed by atoms with Crippen LogP contribution in [-0.4, -0.2) is 26.3 Å². The lowest BCUT2D eigenvalue weighted by molar-refractivity contribution is -0.113. The first-order valence-corrected chi connectivity index (χ1v) is 9.96. The maximum absolute atomic E-state index is 13.5. The first-order valence-electron chi connectivity index (χ1n) is 7.98. The van der Waals surface area contributed by atoms with Crippen molar-refractivity contribution in [1.29, 1.82) is 0 Å². The number of amides is 1. The van der Waals surface area contributed by atoms with Gasteiger partial charge in [-0.15, -0.1) is 11.8 Å². The van der Waals surface area contributed by atoms with E-state index < -0.39 is 0 Å². The highest BCUT2D eigenvalue weighted by Gasteiger charge is 2.09. The summed E-state index contributed by atoms with van der Waals surface area (Å²) >= 11 is 2.72. The lowest BCUT2D eigenvalue weighted by atomic mass is 10.2. The first-order chi connectivity index (χ1) is 12.5. The van der Waals surface area contributed by atoms with Crippen LogP contribution in [0.4, 0.5) is 10.1 Å². The minimum absolute atomic E-state index is 0.180. The van der Waals surface area contributed by atoms with Gasteiger partial charge in [-0.2, -0.15) is 9.61 Å². The highest BCUT2D eigenvalue weighted by atomic mass is 32.2. The van der Waals surface area contributed by atoms with Crippen LogP contribution in [-0.2, 0) is 17.0 Å². The molecule has 0 bridgehead atoms. The van der Waals surface area contributed by atoms with Crippen LogP contribution in [0.5, 0.6) is 0 Å². The molecule has 0 spiro atoms. The molecule has 136 valence electrons. The van der Waals surface area contributed by atoms with Gasteiger partial charge >= 0.3 is 0 Å². The van der Waals surface area contributed by atoms with Crippen LogP contribution >= 0.6 is 23.1 Å². The molecule has 0 fully saturated rings. The van der Waals surface area contributed by atoms with Crippen LogP contribution in [0.3, 0.4) is 0 Å². The first kappa shape index (κ1) is 18.5. The molecule has 26 heavy (non-hydrogen) atoms. The van der Waals surface area contributed by atoms with E-state index in [0.29, 0.717) is 27.7 Å². The predicted octanol–water partition coefficient (Wildman–Crippen LogP) is 3.03. The molecule has 9 heteroatoms. The minimum Gasteiger partial charge on any atom is -0.325 e. The molecule has 0 aliphatic rings. The number of benzene rings is 1. The van der Waals surface area contributed by atoms with Gasteiger partial charge in [0.05, 0.1) is 11.4 Å². The Hall–Kier alpha value is -2.26. The second-order valence-corrected chi connectivity index (χ2v) is 7.66. The average molecular weight is 392 g/mol. The number of carbonyl (C=O) groups excluding carboxylic acids is 1. The number of rotatable bonds is 6. The fourth-order valence-electron chi connectivity index (χ4n) is 2.23. The van der Waals surface area contributed by atoms with E-state index in [2.05, 4.69) is 15.4 Å². The zero-order valence-corrected chi connectivity index (χ0v) is 15.9. The molecule has 0 atom stereocenters. The number of nitrogens with one attached hydrogen (secondary N) is 1. The van der Waals surface area contributed by atoms with Crippen LogP contribution < -0.4 is 10.9 Å². The standard InChI is InChI=1S/C17H17FN4O2S2/c1-3-15-21-22-16(24)7-12(20-17(22)26-15)8-25-9-14(23)19-11-5-4-10(2)13(18)6-11/h4-7H,3,8-9H2,1-2H3,(H,19,23). The minimum atomic E-state index is -0.357. The molecule has 1 N–H and O–H groups in total. The van der Waals surface area contributed by atoms with Crippen molar-refractivity contribution in [2.24, 2.45) is 0 Å². The number of hydrogen-bond donors (Lipinski definition) is 1. The number of thioether (sulfide) groups is 1. The Kier molecular flexibility index (Phi) is 5.67. The maximum Gasteiger partial charge on any atom is 0.275 e. The van der Waals surface area contributed by atoms with E-state index in [9.17, 15) is 14.0 Å². The second-order valence-electron chi connectivity index (χ2n) is 5.63. The van der Waals surface area contributed by atoms with Gasteiger partial charge in [0.1, 0.15) is 10.8 Å². The molecule has 0 aliphatic heterocycles. The zero-order valence-electron chi connectivity index (χ0n) is 14.3. The fourth-order valence-corrected chi connectivity index (χ4v) is 3.80. The van der Waals surface area contributed by atoms with Crippen molar-refractivity contribution in [2.45, 2.75) is 26.0 Å². The van der Waals surface area contributed by atoms with E-state index >= 15 is 0 Å². The van der Waals surface area contributed by atoms with Crippen molar-refractivity contribution in [2.75, 3.05) is 11.1 Å². The van der Waals surface area contributed by atoms with Crippen molar-refractivity contribution >= 4 is 39.7 Å². The van der Waals surface area contributed by atoms with Gasteiger partial charge in [-0.25, -0.2) is 9.37 Å². The van der Waals surface area contributed by atoms with Gasteiger partial charge in [-0.1, -0.05) is 24.3 Å². The highest BCUT2D eigenvalue weighted by Crippen LogP contribution is 2.16. The lowest BCUT2D eigenvalue weighted by Crippen LogP contribution is -2.16. The predicted molar refractivity (Wildman–Crippen MR) is 102 cm³/mol. The zero-order chi connectivity index (χ0) is 18.7. The van der Waals surface area contributed by atoms with Crippen LogP contribution in [0.15, 0.2) is 29.1 Å². The van der Waals surface area contributed by atoms with E-state index in [1.165, 1.54) is 39.7 Å². The van der Waals surface area contributed by atoms with Crippen molar-refractivity contribution < 1.29 is 9.18 Å². The summed E-state index contributed by atoms with van der Waals surface area (Å²) in [5.41, 5.74) is 1.34. The molecule has 0 saturated carbocycles. The third-order valence-corrected chi connectivity index (χ3v) is 5.60. The summed E-state index contributed by atoms with van der Waals surface area (Å²) in [6.45, 7) is 3.63. The van der Waals surface area contributed by atoms with E-state index in [0.717, 1.165) is 11.4 Å². The largest absolute Gasteiger partial charge is 0.325 e. The molecule has 0 saturated heterocycles. The number of aromatic nitrogens is 3. The molecular weight excluding hydrogens is 375 g/mol. The molecule has 0 radical (unpaired) electrons. The number of halogens is 1. The number of nitrogens with zero attached hydrogens (tertiary/aromatic N) is 3. The topological polar surface area (TPSA) is 76.4 Å². The summed E-state index contributed by atoms with van der Waals surface area (Å²) in [6.07, 6.45) is 0.747. The molecule has 2 aromatic heterocycles. The fraction of sp³-hybridized carbons (Fsp3) is 0.294. The summed E-state index contributed by atoms with van der Waals surface area (Å²) < 4.78 is 14.8. The van der Waals surface area contributed by atoms with Gasteiger partial charge in [0.2, 0.25) is 10.9 Å².